The molecule has 1 heterocycles. The summed E-state index contributed by atoms with van der Waals surface area (Å²) in [6.45, 7) is 4.35. The molecular weight excluding hydrogens is 294 g/mol. The average Bonchev–Trinajstić information content (AvgIpc) is 2.46. The van der Waals surface area contributed by atoms with E-state index in [9.17, 15) is 9.59 Å². The Bertz CT molecular complexity index is 508. The second-order valence-corrected chi connectivity index (χ2v) is 4.55. The van der Waals surface area contributed by atoms with Gasteiger partial charge in [-0.15, -0.1) is 12.4 Å². The Balaban J connectivity index is 0.00000220. The maximum Gasteiger partial charge on any atom is 0.262 e. The van der Waals surface area contributed by atoms with E-state index in [-0.39, 0.29) is 30.8 Å². The van der Waals surface area contributed by atoms with Gasteiger partial charge in [0.15, 0.2) is 6.61 Å². The van der Waals surface area contributed by atoms with E-state index < -0.39 is 0 Å². The molecule has 0 aliphatic carbocycles. The first kappa shape index (κ1) is 17.3. The van der Waals surface area contributed by atoms with Crippen molar-refractivity contribution in [1.82, 2.24) is 10.6 Å². The van der Waals surface area contributed by atoms with Crippen LogP contribution in [0.1, 0.15) is 23.7 Å². The summed E-state index contributed by atoms with van der Waals surface area (Å²) in [5.74, 6) is 0.199. The monoisotopic (exact) mass is 313 g/mol. The van der Waals surface area contributed by atoms with Crippen molar-refractivity contribution < 1.29 is 14.3 Å². The summed E-state index contributed by atoms with van der Waals surface area (Å²) >= 11 is 0. The minimum Gasteiger partial charge on any atom is -0.482 e. The lowest BCUT2D eigenvalue weighted by atomic mass is 10.1. The summed E-state index contributed by atoms with van der Waals surface area (Å²) in [7, 11) is 0. The number of fused-ring (bicyclic) bond motifs is 1. The Labute approximate surface area is 130 Å². The minimum atomic E-state index is -0.184. The van der Waals surface area contributed by atoms with E-state index in [4.69, 9.17) is 4.74 Å². The molecule has 1 aromatic carbocycles. The van der Waals surface area contributed by atoms with Gasteiger partial charge in [0.25, 0.3) is 11.8 Å². The van der Waals surface area contributed by atoms with Gasteiger partial charge in [-0.3, -0.25) is 9.59 Å². The van der Waals surface area contributed by atoms with E-state index >= 15 is 0 Å². The molecule has 3 N–H and O–H groups in total. The fourth-order valence-electron chi connectivity index (χ4n) is 1.88. The zero-order valence-electron chi connectivity index (χ0n) is 11.9. The molecule has 116 valence electrons. The van der Waals surface area contributed by atoms with Crippen LogP contribution in [0.25, 0.3) is 0 Å². The van der Waals surface area contributed by atoms with Crippen molar-refractivity contribution in [3.8, 4) is 5.75 Å². The summed E-state index contributed by atoms with van der Waals surface area (Å²) in [6, 6.07) is 4.99. The van der Waals surface area contributed by atoms with Gasteiger partial charge in [-0.05, 0) is 31.2 Å². The highest BCUT2D eigenvalue weighted by Gasteiger charge is 2.17. The zero-order chi connectivity index (χ0) is 14.4. The normalized spacial score (nSPS) is 12.5. The van der Waals surface area contributed by atoms with Crippen molar-refractivity contribution in [2.45, 2.75) is 13.3 Å². The summed E-state index contributed by atoms with van der Waals surface area (Å²) in [5, 5.41) is 8.73. The topological polar surface area (TPSA) is 79.5 Å². The first-order chi connectivity index (χ1) is 9.70. The Morgan fingerprint density at radius 2 is 2.14 bits per heavy atom. The number of carbonyl (C=O) groups is 2. The van der Waals surface area contributed by atoms with Crippen molar-refractivity contribution in [2.75, 3.05) is 31.6 Å². The molecule has 0 radical (unpaired) electrons. The summed E-state index contributed by atoms with van der Waals surface area (Å²) in [6.07, 6.45) is 1.07. The van der Waals surface area contributed by atoms with Gasteiger partial charge in [0.1, 0.15) is 5.75 Å². The average molecular weight is 314 g/mol. The van der Waals surface area contributed by atoms with E-state index in [0.29, 0.717) is 23.5 Å². The van der Waals surface area contributed by atoms with Gasteiger partial charge in [-0.1, -0.05) is 6.92 Å². The fourth-order valence-corrected chi connectivity index (χ4v) is 1.88. The van der Waals surface area contributed by atoms with Gasteiger partial charge >= 0.3 is 0 Å². The molecule has 0 fully saturated rings. The summed E-state index contributed by atoms with van der Waals surface area (Å²) < 4.78 is 5.28. The lowest BCUT2D eigenvalue weighted by Gasteiger charge is -2.18. The molecule has 0 atom stereocenters. The maximum absolute atomic E-state index is 11.9. The quantitative estimate of drug-likeness (QED) is 0.689. The van der Waals surface area contributed by atoms with Crippen LogP contribution < -0.4 is 20.7 Å². The van der Waals surface area contributed by atoms with Crippen molar-refractivity contribution in [3.05, 3.63) is 23.8 Å². The first-order valence-corrected chi connectivity index (χ1v) is 6.76. The Kier molecular flexibility index (Phi) is 6.98. The largest absolute Gasteiger partial charge is 0.482 e. The number of halogens is 1. The van der Waals surface area contributed by atoms with Crippen LogP contribution in [0.3, 0.4) is 0 Å². The highest BCUT2D eigenvalue weighted by Crippen LogP contribution is 2.28. The second-order valence-electron chi connectivity index (χ2n) is 4.55. The third-order valence-electron chi connectivity index (χ3n) is 2.89. The maximum atomic E-state index is 11.9. The second kappa shape index (κ2) is 8.49. The van der Waals surface area contributed by atoms with Crippen LogP contribution in [-0.4, -0.2) is 38.1 Å². The van der Waals surface area contributed by atoms with Crippen LogP contribution in [0, 0.1) is 0 Å². The van der Waals surface area contributed by atoms with Gasteiger partial charge in [0.05, 0.1) is 5.69 Å². The lowest BCUT2D eigenvalue weighted by Crippen LogP contribution is -2.32. The van der Waals surface area contributed by atoms with E-state index in [1.54, 1.807) is 18.2 Å². The number of benzene rings is 1. The van der Waals surface area contributed by atoms with Crippen LogP contribution >= 0.6 is 12.4 Å². The smallest absolute Gasteiger partial charge is 0.262 e. The molecule has 0 aromatic heterocycles. The number of hydrogen-bond donors (Lipinski definition) is 3. The highest BCUT2D eigenvalue weighted by atomic mass is 35.5. The van der Waals surface area contributed by atoms with Crippen LogP contribution in [0.4, 0.5) is 5.69 Å². The molecule has 1 aliphatic heterocycles. The summed E-state index contributed by atoms with van der Waals surface area (Å²) in [4.78, 5) is 23.1. The van der Waals surface area contributed by atoms with Crippen LogP contribution in [0.2, 0.25) is 0 Å². The molecule has 7 heteroatoms. The van der Waals surface area contributed by atoms with E-state index in [2.05, 4.69) is 22.9 Å². The third-order valence-corrected chi connectivity index (χ3v) is 2.89. The molecule has 21 heavy (non-hydrogen) atoms. The summed E-state index contributed by atoms with van der Waals surface area (Å²) in [5.41, 5.74) is 1.12. The van der Waals surface area contributed by atoms with Crippen molar-refractivity contribution in [2.24, 2.45) is 0 Å². The van der Waals surface area contributed by atoms with Crippen molar-refractivity contribution >= 4 is 29.9 Å². The molecule has 0 spiro atoms. The Hall–Kier alpha value is -1.79. The Morgan fingerprint density at radius 3 is 2.90 bits per heavy atom. The predicted molar refractivity (Wildman–Crippen MR) is 83.3 cm³/mol. The van der Waals surface area contributed by atoms with Crippen LogP contribution in [-0.2, 0) is 4.79 Å². The van der Waals surface area contributed by atoms with Crippen molar-refractivity contribution in [1.29, 1.82) is 0 Å². The van der Waals surface area contributed by atoms with Crippen LogP contribution in [0.5, 0.6) is 5.75 Å². The molecule has 2 amide bonds. The fraction of sp³-hybridized carbons (Fsp3) is 0.429. The predicted octanol–water partition coefficient (Wildman–Crippen LogP) is 1.17. The molecule has 0 saturated carbocycles. The lowest BCUT2D eigenvalue weighted by molar-refractivity contribution is -0.118. The van der Waals surface area contributed by atoms with Gasteiger partial charge in [-0.25, -0.2) is 0 Å². The van der Waals surface area contributed by atoms with Gasteiger partial charge < -0.3 is 20.7 Å². The number of carbonyl (C=O) groups excluding carboxylic acids is 2. The van der Waals surface area contributed by atoms with E-state index in [1.807, 2.05) is 0 Å². The highest BCUT2D eigenvalue weighted by molar-refractivity contribution is 5.98. The Morgan fingerprint density at radius 1 is 1.33 bits per heavy atom. The molecule has 1 aliphatic rings. The SMILES string of the molecule is CCCNCCNC(=O)c1ccc2c(c1)OCC(=O)N2.Cl. The van der Waals surface area contributed by atoms with E-state index in [1.165, 1.54) is 0 Å². The van der Waals surface area contributed by atoms with Gasteiger partial charge in [-0.2, -0.15) is 0 Å². The van der Waals surface area contributed by atoms with Crippen molar-refractivity contribution in [3.63, 3.8) is 0 Å². The third kappa shape index (κ3) is 4.91. The number of ether oxygens (including phenoxy) is 1. The molecule has 0 saturated heterocycles. The number of rotatable bonds is 6. The number of amides is 2. The molecule has 2 rings (SSSR count). The zero-order valence-corrected chi connectivity index (χ0v) is 12.7. The molecule has 1 aromatic rings. The molecule has 0 unspecified atom stereocenters. The number of nitrogens with one attached hydrogen (secondary N) is 3. The number of hydrogen-bond acceptors (Lipinski definition) is 4. The van der Waals surface area contributed by atoms with E-state index in [0.717, 1.165) is 19.5 Å². The molecule has 0 bridgehead atoms. The van der Waals surface area contributed by atoms with Gasteiger partial charge in [0, 0.05) is 18.7 Å². The molecule has 6 nitrogen and oxygen atoms in total. The van der Waals surface area contributed by atoms with Crippen LogP contribution in [0.15, 0.2) is 18.2 Å². The standard InChI is InChI=1S/C14H19N3O3.ClH/c1-2-5-15-6-7-16-14(19)10-3-4-11-12(8-10)20-9-13(18)17-11;/h3-4,8,15H,2,5-7,9H2,1H3,(H,16,19)(H,17,18);1H. The van der Waals surface area contributed by atoms with Gasteiger partial charge in [0.2, 0.25) is 0 Å². The number of anilines is 1. The minimum absolute atomic E-state index is 0. The first-order valence-electron chi connectivity index (χ1n) is 6.76. The molecular formula is C14H20ClN3O3.